The number of carbonyl (C=O) groups excluding carboxylic acids is 1. The highest BCUT2D eigenvalue weighted by Crippen LogP contribution is 2.45. The topological polar surface area (TPSA) is 126 Å². The summed E-state index contributed by atoms with van der Waals surface area (Å²) in [5.41, 5.74) is 1.85. The molecular weight excluding hydrogens is 578 g/mol. The Hall–Kier alpha value is -3.98. The molecule has 0 radical (unpaired) electrons. The van der Waals surface area contributed by atoms with Gasteiger partial charge in [0.15, 0.2) is 9.84 Å². The monoisotopic (exact) mass is 610 g/mol. The first-order valence-electron chi connectivity index (χ1n) is 14.5. The van der Waals surface area contributed by atoms with Crippen LogP contribution in [0.25, 0.3) is 22.7 Å². The number of benzene rings is 2. The fraction of sp³-hybridized carbons (Fsp3) is 0.452. The van der Waals surface area contributed by atoms with E-state index in [0.717, 1.165) is 24.1 Å². The number of sulfone groups is 1. The summed E-state index contributed by atoms with van der Waals surface area (Å²) < 4.78 is 60.6. The molecule has 0 unspecified atom stereocenters. The van der Waals surface area contributed by atoms with E-state index in [1.165, 1.54) is 12.1 Å². The molecule has 2 atom stereocenters. The third kappa shape index (κ3) is 6.37. The number of nitrogens with one attached hydrogen (secondary N) is 1. The van der Waals surface area contributed by atoms with Crippen molar-refractivity contribution in [1.82, 2.24) is 10.3 Å². The van der Waals surface area contributed by atoms with Crippen molar-refractivity contribution in [3.8, 4) is 34.5 Å². The lowest BCUT2D eigenvalue weighted by Crippen LogP contribution is -2.42. The van der Waals surface area contributed by atoms with E-state index in [0.29, 0.717) is 55.8 Å². The van der Waals surface area contributed by atoms with Crippen LogP contribution in [0.1, 0.15) is 50.2 Å². The van der Waals surface area contributed by atoms with Crippen LogP contribution in [0.15, 0.2) is 52.9 Å². The Kier molecular flexibility index (Phi) is 7.85. The van der Waals surface area contributed by atoms with Gasteiger partial charge in [0.2, 0.25) is 11.8 Å². The smallest absolute Gasteiger partial charge is 0.387 e. The van der Waals surface area contributed by atoms with Crippen LogP contribution in [-0.2, 0) is 14.6 Å². The fourth-order valence-corrected chi connectivity index (χ4v) is 7.20. The van der Waals surface area contributed by atoms with Crippen molar-refractivity contribution in [3.05, 3.63) is 54.3 Å². The van der Waals surface area contributed by atoms with E-state index < -0.39 is 27.9 Å². The van der Waals surface area contributed by atoms with E-state index in [-0.39, 0.29) is 35.0 Å². The number of carbonyl (C=O) groups is 1. The summed E-state index contributed by atoms with van der Waals surface area (Å²) in [6, 6.07) is 16.0. The van der Waals surface area contributed by atoms with Crippen LogP contribution in [0.3, 0.4) is 0 Å². The van der Waals surface area contributed by atoms with E-state index in [2.05, 4.69) is 16.1 Å². The molecule has 12 heteroatoms. The van der Waals surface area contributed by atoms with Gasteiger partial charge in [-0.25, -0.2) is 13.4 Å². The van der Waals surface area contributed by atoms with Gasteiger partial charge >= 0.3 is 6.61 Å². The molecular formula is C31H32F2N4O5S. The number of hydrogen-bond donors (Lipinski definition) is 1. The van der Waals surface area contributed by atoms with Crippen LogP contribution < -0.4 is 15.0 Å². The van der Waals surface area contributed by atoms with Crippen molar-refractivity contribution < 1.29 is 31.1 Å². The number of rotatable bonds is 8. The minimum atomic E-state index is -3.01. The molecule has 1 amide bonds. The highest BCUT2D eigenvalue weighted by molar-refractivity contribution is 7.91. The summed E-state index contributed by atoms with van der Waals surface area (Å²) in [7, 11) is -3.01. The van der Waals surface area contributed by atoms with Crippen molar-refractivity contribution in [2.45, 2.75) is 56.6 Å². The molecule has 1 aromatic heterocycles. The predicted octanol–water partition coefficient (Wildman–Crippen LogP) is 5.29. The van der Waals surface area contributed by atoms with Gasteiger partial charge in [0.05, 0.1) is 17.6 Å². The Balaban J connectivity index is 1.36. The molecule has 3 fully saturated rings. The second-order valence-corrected chi connectivity index (χ2v) is 13.8. The Bertz CT molecular complexity index is 1630. The number of nitrogens with zero attached hydrogens (tertiary/aromatic N) is 3. The molecule has 6 rings (SSSR count). The molecule has 0 spiro atoms. The zero-order valence-corrected chi connectivity index (χ0v) is 24.3. The molecule has 9 nitrogen and oxygen atoms in total. The number of alkyl halides is 2. The zero-order chi connectivity index (χ0) is 30.2. The third-order valence-electron chi connectivity index (χ3n) is 8.58. The van der Waals surface area contributed by atoms with E-state index in [1.54, 1.807) is 12.1 Å². The molecule has 3 aromatic rings. The first kappa shape index (κ1) is 29.1. The molecule has 0 bridgehead atoms. The lowest BCUT2D eigenvalue weighted by Gasteiger charge is -2.30. The van der Waals surface area contributed by atoms with Crippen LogP contribution >= 0.6 is 0 Å². The van der Waals surface area contributed by atoms with E-state index in [4.69, 9.17) is 9.40 Å². The lowest BCUT2D eigenvalue weighted by molar-refractivity contribution is -0.127. The molecule has 2 heterocycles. The first-order chi connectivity index (χ1) is 20.7. The van der Waals surface area contributed by atoms with Crippen LogP contribution in [0, 0.1) is 17.2 Å². The van der Waals surface area contributed by atoms with Crippen LogP contribution in [0.5, 0.6) is 5.75 Å². The first-order valence-corrected chi connectivity index (χ1v) is 16.3. The van der Waals surface area contributed by atoms with E-state index >= 15 is 0 Å². The van der Waals surface area contributed by atoms with Gasteiger partial charge in [-0.1, -0.05) is 31.0 Å². The minimum Gasteiger partial charge on any atom is -0.440 e. The van der Waals surface area contributed by atoms with E-state index in [1.807, 2.05) is 29.2 Å². The molecule has 1 saturated heterocycles. The molecule has 3 aliphatic rings. The Labute approximate surface area is 248 Å². The summed E-state index contributed by atoms with van der Waals surface area (Å²) in [5, 5.41) is 12.5. The fourth-order valence-electron chi connectivity index (χ4n) is 6.00. The summed E-state index contributed by atoms with van der Waals surface area (Å²) in [5.74, 6) is 0.0624. The van der Waals surface area contributed by atoms with Crippen LogP contribution in [-0.4, -0.2) is 56.1 Å². The Morgan fingerprint density at radius 1 is 1.09 bits per heavy atom. The van der Waals surface area contributed by atoms with E-state index in [9.17, 15) is 27.3 Å². The normalized spacial score (nSPS) is 22.5. The predicted molar refractivity (Wildman–Crippen MR) is 155 cm³/mol. The lowest BCUT2D eigenvalue weighted by atomic mass is 9.76. The second-order valence-electron chi connectivity index (χ2n) is 11.5. The number of hydrogen-bond acceptors (Lipinski definition) is 8. The number of oxazole rings is 1. The summed E-state index contributed by atoms with van der Waals surface area (Å²) in [4.78, 5) is 20.3. The quantitative estimate of drug-likeness (QED) is 0.365. The van der Waals surface area contributed by atoms with Crippen molar-refractivity contribution >= 4 is 21.4 Å². The molecule has 2 saturated carbocycles. The zero-order valence-electron chi connectivity index (χ0n) is 23.5. The van der Waals surface area contributed by atoms with Gasteiger partial charge in [-0.2, -0.15) is 14.0 Å². The maximum atomic E-state index is 13.5. The van der Waals surface area contributed by atoms with Crippen molar-refractivity contribution in [1.29, 1.82) is 5.26 Å². The largest absolute Gasteiger partial charge is 0.440 e. The van der Waals surface area contributed by atoms with Gasteiger partial charge in [0.1, 0.15) is 22.7 Å². The maximum absolute atomic E-state index is 13.5. The number of amides is 1. The standard InChI is InChI=1S/C31H32F2N4O5S/c32-30(33)41-23-5-3-4-21(18-23)29-35-26(20-8-10-22(11-9-20)37-14-16-43(39,40)17-15-37)27(42-29)24-6-1-2-7-25(24)28(38)36-31(19-34)12-13-31/h3-5,8-11,18,24-25,30H,1-2,6-7,12-17H2,(H,36,38)/t24-,25-/m1/s1. The SMILES string of the molecule is N#CC1(NC(=O)[C@@H]2CCCC[C@H]2c2oc(-c3cccc(OC(F)F)c3)nc2-c2ccc(N3CCS(=O)(=O)CC3)cc2)CC1. The minimum absolute atomic E-state index is 0.0251. The average Bonchev–Trinajstić information content (AvgIpc) is 3.63. The van der Waals surface area contributed by atoms with Gasteiger partial charge < -0.3 is 19.4 Å². The highest BCUT2D eigenvalue weighted by Gasteiger charge is 2.47. The van der Waals surface area contributed by atoms with Crippen molar-refractivity contribution in [2.75, 3.05) is 29.5 Å². The van der Waals surface area contributed by atoms with Crippen LogP contribution in [0.2, 0.25) is 0 Å². The van der Waals surface area contributed by atoms with Crippen molar-refractivity contribution in [3.63, 3.8) is 0 Å². The molecule has 226 valence electrons. The van der Waals surface area contributed by atoms with Gasteiger partial charge in [0, 0.05) is 41.7 Å². The Morgan fingerprint density at radius 2 is 1.81 bits per heavy atom. The molecule has 2 aromatic carbocycles. The number of aromatic nitrogens is 1. The Morgan fingerprint density at radius 3 is 2.49 bits per heavy atom. The molecule has 43 heavy (non-hydrogen) atoms. The summed E-state index contributed by atoms with van der Waals surface area (Å²) in [6.45, 7) is -2.14. The van der Waals surface area contributed by atoms with Gasteiger partial charge in [-0.05, 0) is 56.0 Å². The third-order valence-corrected chi connectivity index (χ3v) is 10.2. The number of ether oxygens (including phenoxy) is 1. The maximum Gasteiger partial charge on any atom is 0.387 e. The number of anilines is 1. The summed E-state index contributed by atoms with van der Waals surface area (Å²) in [6.07, 6.45) is 4.36. The number of halogens is 2. The summed E-state index contributed by atoms with van der Waals surface area (Å²) >= 11 is 0. The second kappa shape index (κ2) is 11.6. The van der Waals surface area contributed by atoms with Crippen molar-refractivity contribution in [2.24, 2.45) is 5.92 Å². The van der Waals surface area contributed by atoms with Gasteiger partial charge in [-0.15, -0.1) is 0 Å². The molecule has 1 N–H and O–H groups in total. The molecule has 2 aliphatic carbocycles. The van der Waals surface area contributed by atoms with Gasteiger partial charge in [0.25, 0.3) is 0 Å². The molecule has 1 aliphatic heterocycles. The highest BCUT2D eigenvalue weighted by atomic mass is 32.2. The van der Waals surface area contributed by atoms with Gasteiger partial charge in [-0.3, -0.25) is 4.79 Å². The average molecular weight is 611 g/mol. The van der Waals surface area contributed by atoms with Crippen LogP contribution in [0.4, 0.5) is 14.5 Å². The number of nitriles is 1.